The predicted molar refractivity (Wildman–Crippen MR) is 85.6 cm³/mol. The summed E-state index contributed by atoms with van der Waals surface area (Å²) in [5.74, 6) is 0.724. The highest BCUT2D eigenvalue weighted by Gasteiger charge is 2.30. The Morgan fingerprint density at radius 1 is 0.958 bits per heavy atom. The Balaban J connectivity index is 1.72. The molecule has 2 aromatic heterocycles. The Morgan fingerprint density at radius 3 is 2.33 bits per heavy atom. The van der Waals surface area contributed by atoms with Crippen molar-refractivity contribution in [1.82, 2.24) is 18.9 Å². The molecule has 0 aliphatic carbocycles. The lowest BCUT2D eigenvalue weighted by Gasteiger charge is -2.28. The zero-order chi connectivity index (χ0) is 16.6. The molecule has 4 heterocycles. The van der Waals surface area contributed by atoms with Crippen LogP contribution in [0.15, 0.2) is 23.4 Å². The van der Waals surface area contributed by atoms with E-state index in [0.29, 0.717) is 45.2 Å². The molecule has 130 valence electrons. The van der Waals surface area contributed by atoms with Gasteiger partial charge in [-0.2, -0.15) is 8.82 Å². The van der Waals surface area contributed by atoms with Gasteiger partial charge >= 0.3 is 0 Å². The average molecular weight is 353 g/mol. The van der Waals surface area contributed by atoms with Crippen LogP contribution in [0.4, 0.5) is 5.82 Å². The molecule has 4 rings (SSSR count). The number of rotatable bonds is 3. The summed E-state index contributed by atoms with van der Waals surface area (Å²) >= 11 is 0. The topological polar surface area (TPSA) is 89.3 Å². The van der Waals surface area contributed by atoms with Crippen LogP contribution in [0.25, 0.3) is 5.65 Å². The highest BCUT2D eigenvalue weighted by molar-refractivity contribution is 7.89. The number of hydrogen-bond acceptors (Lipinski definition) is 7. The second-order valence-corrected chi connectivity index (χ2v) is 7.56. The van der Waals surface area contributed by atoms with E-state index in [4.69, 9.17) is 9.47 Å². The molecule has 2 fully saturated rings. The number of fused-ring (bicyclic) bond motifs is 1. The maximum absolute atomic E-state index is 12.9. The Kier molecular flexibility index (Phi) is 4.12. The van der Waals surface area contributed by atoms with Crippen LogP contribution < -0.4 is 4.90 Å². The van der Waals surface area contributed by atoms with Crippen molar-refractivity contribution < 1.29 is 17.9 Å². The first-order valence-electron chi connectivity index (χ1n) is 7.92. The molecule has 0 amide bonds. The van der Waals surface area contributed by atoms with Crippen molar-refractivity contribution in [3.8, 4) is 0 Å². The fourth-order valence-electron chi connectivity index (χ4n) is 2.90. The Labute approximate surface area is 139 Å². The number of nitrogens with zero attached hydrogens (tertiary/aromatic N) is 5. The van der Waals surface area contributed by atoms with Crippen molar-refractivity contribution >= 4 is 21.5 Å². The van der Waals surface area contributed by atoms with Crippen LogP contribution in [0.5, 0.6) is 0 Å². The minimum Gasteiger partial charge on any atom is -0.379 e. The molecule has 2 saturated heterocycles. The molecule has 10 heteroatoms. The van der Waals surface area contributed by atoms with Gasteiger partial charge in [0.15, 0.2) is 10.7 Å². The van der Waals surface area contributed by atoms with Gasteiger partial charge in [0.1, 0.15) is 5.82 Å². The molecule has 0 spiro atoms. The lowest BCUT2D eigenvalue weighted by atomic mass is 10.4. The van der Waals surface area contributed by atoms with E-state index in [2.05, 4.69) is 15.0 Å². The number of hydrogen-bond donors (Lipinski definition) is 0. The van der Waals surface area contributed by atoms with E-state index in [1.807, 2.05) is 6.07 Å². The summed E-state index contributed by atoms with van der Waals surface area (Å²) in [6.07, 6.45) is 1.37. The summed E-state index contributed by atoms with van der Waals surface area (Å²) in [4.78, 5) is 6.26. The van der Waals surface area contributed by atoms with Gasteiger partial charge < -0.3 is 14.4 Å². The van der Waals surface area contributed by atoms with Crippen molar-refractivity contribution in [1.29, 1.82) is 0 Å². The summed E-state index contributed by atoms with van der Waals surface area (Å²) in [5, 5.41) is 4.60. The van der Waals surface area contributed by atoms with E-state index in [1.54, 1.807) is 6.07 Å². The van der Waals surface area contributed by atoms with Gasteiger partial charge in [-0.05, 0) is 12.1 Å². The molecular formula is C14H19N5O4S. The van der Waals surface area contributed by atoms with Crippen molar-refractivity contribution in [2.45, 2.75) is 5.03 Å². The van der Waals surface area contributed by atoms with Gasteiger partial charge in [0.05, 0.1) is 32.6 Å². The maximum atomic E-state index is 12.9. The van der Waals surface area contributed by atoms with E-state index in [-0.39, 0.29) is 5.03 Å². The van der Waals surface area contributed by atoms with Gasteiger partial charge in [0, 0.05) is 26.2 Å². The molecule has 2 aromatic rings. The summed E-state index contributed by atoms with van der Waals surface area (Å²) < 4.78 is 39.2. The van der Waals surface area contributed by atoms with Gasteiger partial charge in [-0.3, -0.25) is 0 Å². The molecule has 24 heavy (non-hydrogen) atoms. The van der Waals surface area contributed by atoms with E-state index in [0.717, 1.165) is 18.9 Å². The third kappa shape index (κ3) is 2.75. The zero-order valence-electron chi connectivity index (χ0n) is 13.2. The van der Waals surface area contributed by atoms with Gasteiger partial charge in [0.2, 0.25) is 0 Å². The van der Waals surface area contributed by atoms with Gasteiger partial charge in [-0.1, -0.05) is 0 Å². The summed E-state index contributed by atoms with van der Waals surface area (Å²) in [5.41, 5.74) is 0.513. The molecular weight excluding hydrogens is 334 g/mol. The molecule has 0 aromatic carbocycles. The van der Waals surface area contributed by atoms with Gasteiger partial charge in [-0.15, -0.1) is 5.10 Å². The second-order valence-electron chi connectivity index (χ2n) is 5.67. The number of ether oxygens (including phenoxy) is 2. The molecule has 0 atom stereocenters. The smallest absolute Gasteiger partial charge is 0.262 e. The summed E-state index contributed by atoms with van der Waals surface area (Å²) in [6, 6.07) is 3.65. The molecule has 0 saturated carbocycles. The Bertz CT molecular complexity index is 825. The van der Waals surface area contributed by atoms with Crippen LogP contribution >= 0.6 is 0 Å². The average Bonchev–Trinajstić information content (AvgIpc) is 3.07. The third-order valence-electron chi connectivity index (χ3n) is 4.23. The molecule has 0 unspecified atom stereocenters. The highest BCUT2D eigenvalue weighted by Crippen LogP contribution is 2.20. The quantitative estimate of drug-likeness (QED) is 0.741. The van der Waals surface area contributed by atoms with Crippen molar-refractivity contribution in [2.75, 3.05) is 57.5 Å². The minimum atomic E-state index is -3.64. The second kappa shape index (κ2) is 6.28. The number of imidazole rings is 1. The molecule has 9 nitrogen and oxygen atoms in total. The molecule has 2 aliphatic heterocycles. The standard InChI is InChI=1S/C14H19N5O4S/c20-24(21,18-5-9-23-10-6-18)14-11-15-12-1-2-13(16-19(12)14)17-3-7-22-8-4-17/h1-2,11H,3-10H2. The lowest BCUT2D eigenvalue weighted by Crippen LogP contribution is -2.41. The third-order valence-corrected chi connectivity index (χ3v) is 6.08. The van der Waals surface area contributed by atoms with Crippen LogP contribution in [-0.4, -0.2) is 79.9 Å². The van der Waals surface area contributed by atoms with Gasteiger partial charge in [-0.25, -0.2) is 13.4 Å². The predicted octanol–water partition coefficient (Wildman–Crippen LogP) is -0.413. The highest BCUT2D eigenvalue weighted by atomic mass is 32.2. The normalized spacial score (nSPS) is 20.6. The maximum Gasteiger partial charge on any atom is 0.262 e. The fraction of sp³-hybridized carbons (Fsp3) is 0.571. The Hall–Kier alpha value is -1.75. The molecule has 0 bridgehead atoms. The van der Waals surface area contributed by atoms with E-state index >= 15 is 0 Å². The lowest BCUT2D eigenvalue weighted by molar-refractivity contribution is 0.0729. The van der Waals surface area contributed by atoms with Crippen LogP contribution in [0.3, 0.4) is 0 Å². The number of sulfonamides is 1. The number of anilines is 1. The van der Waals surface area contributed by atoms with Crippen molar-refractivity contribution in [3.63, 3.8) is 0 Å². The summed E-state index contributed by atoms with van der Waals surface area (Å²) in [7, 11) is -3.64. The van der Waals surface area contributed by atoms with Crippen LogP contribution in [-0.2, 0) is 19.5 Å². The van der Waals surface area contributed by atoms with Crippen molar-refractivity contribution in [3.05, 3.63) is 18.3 Å². The summed E-state index contributed by atoms with van der Waals surface area (Å²) in [6.45, 7) is 4.25. The van der Waals surface area contributed by atoms with Crippen molar-refractivity contribution in [2.24, 2.45) is 0 Å². The number of aromatic nitrogens is 3. The van der Waals surface area contributed by atoms with E-state index in [9.17, 15) is 8.42 Å². The zero-order valence-corrected chi connectivity index (χ0v) is 14.0. The largest absolute Gasteiger partial charge is 0.379 e. The first kappa shape index (κ1) is 15.8. The van der Waals surface area contributed by atoms with E-state index in [1.165, 1.54) is 15.0 Å². The van der Waals surface area contributed by atoms with E-state index < -0.39 is 10.0 Å². The monoisotopic (exact) mass is 353 g/mol. The van der Waals surface area contributed by atoms with Crippen LogP contribution in [0, 0.1) is 0 Å². The van der Waals surface area contributed by atoms with Crippen LogP contribution in [0.1, 0.15) is 0 Å². The van der Waals surface area contributed by atoms with Gasteiger partial charge in [0.25, 0.3) is 10.0 Å². The first-order valence-corrected chi connectivity index (χ1v) is 9.36. The van der Waals surface area contributed by atoms with Crippen LogP contribution in [0.2, 0.25) is 0 Å². The number of morpholine rings is 2. The molecule has 2 aliphatic rings. The molecule has 0 N–H and O–H groups in total. The minimum absolute atomic E-state index is 0.0921. The Morgan fingerprint density at radius 2 is 1.62 bits per heavy atom. The SMILES string of the molecule is O=S(=O)(c1cnc2ccc(N3CCOCC3)nn12)N1CCOCC1. The fourth-order valence-corrected chi connectivity index (χ4v) is 4.33. The molecule has 0 radical (unpaired) electrons. The first-order chi connectivity index (χ1) is 11.7.